The van der Waals surface area contributed by atoms with Gasteiger partial charge in [0.05, 0.1) is 0 Å². The topological polar surface area (TPSA) is 59.3 Å². The summed E-state index contributed by atoms with van der Waals surface area (Å²) in [6.45, 7) is 2.21. The summed E-state index contributed by atoms with van der Waals surface area (Å²) in [7, 11) is 0. The van der Waals surface area contributed by atoms with Crippen LogP contribution in [0, 0.1) is 6.92 Å². The predicted molar refractivity (Wildman–Crippen MR) is 84.8 cm³/mol. The fourth-order valence-electron chi connectivity index (χ4n) is 2.35. The number of hydrogen-bond acceptors (Lipinski definition) is 3. The summed E-state index contributed by atoms with van der Waals surface area (Å²) in [6, 6.07) is 16.1. The monoisotopic (exact) mass is 293 g/mol. The van der Waals surface area contributed by atoms with Gasteiger partial charge in [-0.2, -0.15) is 0 Å². The summed E-state index contributed by atoms with van der Waals surface area (Å²) in [6.07, 6.45) is 0. The zero-order valence-electron chi connectivity index (χ0n) is 12.1. The quantitative estimate of drug-likeness (QED) is 0.755. The van der Waals surface area contributed by atoms with Gasteiger partial charge in [-0.25, -0.2) is 4.79 Å². The number of amides is 1. The van der Waals surface area contributed by atoms with E-state index in [9.17, 15) is 9.59 Å². The lowest BCUT2D eigenvalue weighted by Crippen LogP contribution is -2.23. The molecule has 4 heteroatoms. The third kappa shape index (κ3) is 2.91. The largest absolute Gasteiger partial charge is 0.423 e. The first-order chi connectivity index (χ1) is 10.6. The number of nitrogens with one attached hydrogen (secondary N) is 1. The van der Waals surface area contributed by atoms with Crippen LogP contribution in [-0.4, -0.2) is 5.91 Å². The first-order valence-corrected chi connectivity index (χ1v) is 7.00. The van der Waals surface area contributed by atoms with Gasteiger partial charge in [-0.3, -0.25) is 4.79 Å². The van der Waals surface area contributed by atoms with Gasteiger partial charge >= 0.3 is 5.63 Å². The highest BCUT2D eigenvalue weighted by Crippen LogP contribution is 2.18. The molecule has 0 bridgehead atoms. The van der Waals surface area contributed by atoms with E-state index in [0.717, 1.165) is 16.5 Å². The molecule has 0 saturated heterocycles. The van der Waals surface area contributed by atoms with E-state index < -0.39 is 5.63 Å². The maximum Gasteiger partial charge on any atom is 0.336 e. The van der Waals surface area contributed by atoms with Gasteiger partial charge in [0.25, 0.3) is 5.91 Å². The molecule has 0 saturated carbocycles. The first-order valence-electron chi connectivity index (χ1n) is 7.00. The van der Waals surface area contributed by atoms with Crippen LogP contribution in [-0.2, 0) is 6.54 Å². The normalized spacial score (nSPS) is 10.6. The second kappa shape index (κ2) is 5.85. The summed E-state index contributed by atoms with van der Waals surface area (Å²) in [5.74, 6) is -0.172. The maximum atomic E-state index is 12.1. The van der Waals surface area contributed by atoms with Crippen molar-refractivity contribution in [2.24, 2.45) is 0 Å². The van der Waals surface area contributed by atoms with Crippen molar-refractivity contribution in [2.75, 3.05) is 0 Å². The number of benzene rings is 2. The highest BCUT2D eigenvalue weighted by Gasteiger charge is 2.08. The fourth-order valence-corrected chi connectivity index (χ4v) is 2.35. The molecule has 0 aliphatic carbocycles. The molecule has 110 valence electrons. The molecule has 0 atom stereocenters. The Morgan fingerprint density at radius 2 is 1.86 bits per heavy atom. The predicted octanol–water partition coefficient (Wildman–Crippen LogP) is 3.03. The van der Waals surface area contributed by atoms with Crippen molar-refractivity contribution in [2.45, 2.75) is 13.5 Å². The lowest BCUT2D eigenvalue weighted by atomic mass is 10.1. The Hall–Kier alpha value is -2.88. The van der Waals surface area contributed by atoms with Gasteiger partial charge in [-0.1, -0.05) is 30.3 Å². The van der Waals surface area contributed by atoms with Crippen LogP contribution >= 0.6 is 0 Å². The molecule has 2 aromatic carbocycles. The van der Waals surface area contributed by atoms with Crippen LogP contribution in [0.25, 0.3) is 11.0 Å². The minimum atomic E-state index is -0.415. The van der Waals surface area contributed by atoms with Crippen molar-refractivity contribution in [3.63, 3.8) is 0 Å². The molecular formula is C18H15NO3. The molecule has 1 heterocycles. The minimum Gasteiger partial charge on any atom is -0.423 e. The second-order valence-electron chi connectivity index (χ2n) is 5.14. The Kier molecular flexibility index (Phi) is 3.74. The van der Waals surface area contributed by atoms with Crippen molar-refractivity contribution in [3.05, 3.63) is 81.7 Å². The summed E-state index contributed by atoms with van der Waals surface area (Å²) in [4.78, 5) is 23.7. The van der Waals surface area contributed by atoms with Crippen LogP contribution in [0.1, 0.15) is 21.5 Å². The third-order valence-electron chi connectivity index (χ3n) is 3.46. The van der Waals surface area contributed by atoms with Crippen molar-refractivity contribution in [1.82, 2.24) is 5.32 Å². The van der Waals surface area contributed by atoms with Gasteiger partial charge < -0.3 is 9.73 Å². The number of aryl methyl sites for hydroxylation is 1. The van der Waals surface area contributed by atoms with Crippen molar-refractivity contribution in [3.8, 4) is 0 Å². The van der Waals surface area contributed by atoms with Crippen LogP contribution in [0.3, 0.4) is 0 Å². The average molecular weight is 293 g/mol. The molecule has 22 heavy (non-hydrogen) atoms. The fraction of sp³-hybridized carbons (Fsp3) is 0.111. The van der Waals surface area contributed by atoms with Crippen molar-refractivity contribution in [1.29, 1.82) is 0 Å². The lowest BCUT2D eigenvalue weighted by molar-refractivity contribution is 0.0951. The van der Waals surface area contributed by atoms with Gasteiger partial charge in [0.15, 0.2) is 0 Å². The van der Waals surface area contributed by atoms with E-state index >= 15 is 0 Å². The van der Waals surface area contributed by atoms with Crippen LogP contribution in [0.4, 0.5) is 0 Å². The number of hydrogen-bond donors (Lipinski definition) is 1. The van der Waals surface area contributed by atoms with Gasteiger partial charge in [-0.05, 0) is 36.2 Å². The maximum absolute atomic E-state index is 12.1. The van der Waals surface area contributed by atoms with E-state index in [0.29, 0.717) is 11.1 Å². The van der Waals surface area contributed by atoms with E-state index in [1.165, 1.54) is 6.07 Å². The zero-order chi connectivity index (χ0) is 15.5. The Morgan fingerprint density at radius 3 is 2.64 bits per heavy atom. The Balaban J connectivity index is 1.88. The molecule has 0 aliphatic rings. The summed E-state index contributed by atoms with van der Waals surface area (Å²) < 4.78 is 5.21. The molecule has 4 nitrogen and oxygen atoms in total. The Labute approximate surface area is 127 Å². The van der Waals surface area contributed by atoms with E-state index in [1.54, 1.807) is 12.1 Å². The van der Waals surface area contributed by atoms with Crippen LogP contribution in [0.15, 0.2) is 63.8 Å². The number of fused-ring (bicyclic) bond motifs is 1. The van der Waals surface area contributed by atoms with Gasteiger partial charge in [0.1, 0.15) is 5.58 Å². The molecular weight excluding hydrogens is 278 g/mol. The Morgan fingerprint density at radius 1 is 1.09 bits per heavy atom. The van der Waals surface area contributed by atoms with E-state index in [4.69, 9.17) is 4.42 Å². The van der Waals surface area contributed by atoms with E-state index in [-0.39, 0.29) is 12.5 Å². The molecule has 1 aromatic heterocycles. The molecule has 3 aromatic rings. The summed E-state index contributed by atoms with van der Waals surface area (Å²) in [5, 5.41) is 3.66. The SMILES string of the molecule is Cc1ccc2c(CNC(=O)c3ccccc3)cc(=O)oc2c1. The summed E-state index contributed by atoms with van der Waals surface area (Å²) >= 11 is 0. The molecule has 0 spiro atoms. The molecule has 1 amide bonds. The third-order valence-corrected chi connectivity index (χ3v) is 3.46. The van der Waals surface area contributed by atoms with Crippen LogP contribution in [0.5, 0.6) is 0 Å². The molecule has 0 radical (unpaired) electrons. The van der Waals surface area contributed by atoms with Gasteiger partial charge in [0, 0.05) is 23.6 Å². The molecule has 0 fully saturated rings. The zero-order valence-corrected chi connectivity index (χ0v) is 12.1. The first kappa shape index (κ1) is 14.1. The van der Waals surface area contributed by atoms with Crippen LogP contribution in [0.2, 0.25) is 0 Å². The highest BCUT2D eigenvalue weighted by atomic mass is 16.4. The van der Waals surface area contributed by atoms with Gasteiger partial charge in [0.2, 0.25) is 0 Å². The van der Waals surface area contributed by atoms with E-state index in [2.05, 4.69) is 5.32 Å². The molecule has 3 rings (SSSR count). The van der Waals surface area contributed by atoms with Crippen molar-refractivity contribution < 1.29 is 9.21 Å². The summed E-state index contributed by atoms with van der Waals surface area (Å²) in [5.41, 5.74) is 2.47. The molecule has 0 unspecified atom stereocenters. The standard InChI is InChI=1S/C18H15NO3/c1-12-7-8-15-14(10-17(20)22-16(15)9-12)11-19-18(21)13-5-3-2-4-6-13/h2-10H,11H2,1H3,(H,19,21). The van der Waals surface area contributed by atoms with Gasteiger partial charge in [-0.15, -0.1) is 0 Å². The van der Waals surface area contributed by atoms with Crippen molar-refractivity contribution >= 4 is 16.9 Å². The van der Waals surface area contributed by atoms with Crippen LogP contribution < -0.4 is 10.9 Å². The average Bonchev–Trinajstić information content (AvgIpc) is 2.52. The lowest BCUT2D eigenvalue weighted by Gasteiger charge is -2.08. The highest BCUT2D eigenvalue weighted by molar-refractivity contribution is 5.94. The Bertz CT molecular complexity index is 882. The molecule has 0 aliphatic heterocycles. The number of carbonyl (C=O) groups excluding carboxylic acids is 1. The molecule has 1 N–H and O–H groups in total. The smallest absolute Gasteiger partial charge is 0.336 e. The van der Waals surface area contributed by atoms with E-state index in [1.807, 2.05) is 43.3 Å². The second-order valence-corrected chi connectivity index (χ2v) is 5.14. The number of rotatable bonds is 3. The minimum absolute atomic E-state index is 0.172. The number of carbonyl (C=O) groups is 1.